The summed E-state index contributed by atoms with van der Waals surface area (Å²) >= 11 is 0. The van der Waals surface area contributed by atoms with Crippen LogP contribution < -0.4 is 0 Å². The van der Waals surface area contributed by atoms with E-state index in [1.54, 1.807) is 0 Å². The Bertz CT molecular complexity index is 2380. The third-order valence-electron chi connectivity index (χ3n) is 8.56. The molecule has 2 aromatic heterocycles. The van der Waals surface area contributed by atoms with Gasteiger partial charge in [0.25, 0.3) is 0 Å². The van der Waals surface area contributed by atoms with Crippen LogP contribution in [0.2, 0.25) is 0 Å². The zero-order chi connectivity index (χ0) is 27.6. The largest absolute Gasteiger partial charge is 0.463 e. The van der Waals surface area contributed by atoms with Crippen molar-refractivity contribution in [3.8, 4) is 33.4 Å². The van der Waals surface area contributed by atoms with Gasteiger partial charge in [-0.2, -0.15) is 0 Å². The minimum atomic E-state index is 0.845. The Morgan fingerprint density at radius 1 is 0.357 bits per heavy atom. The molecule has 0 aliphatic rings. The predicted octanol–water partition coefficient (Wildman–Crippen LogP) is 11.6. The molecule has 0 amide bonds. The first kappa shape index (κ1) is 23.1. The summed E-state index contributed by atoms with van der Waals surface area (Å²) in [5, 5.41) is 8.23. The van der Waals surface area contributed by atoms with Gasteiger partial charge in [-0.05, 0) is 67.6 Å². The van der Waals surface area contributed by atoms with Crippen molar-refractivity contribution in [1.29, 1.82) is 0 Å². The summed E-state index contributed by atoms with van der Waals surface area (Å²) in [7, 11) is 0. The Hall–Kier alpha value is -5.60. The molecule has 2 heteroatoms. The molecule has 0 aliphatic carbocycles. The van der Waals surface area contributed by atoms with Gasteiger partial charge in [-0.3, -0.25) is 0 Å². The van der Waals surface area contributed by atoms with Crippen molar-refractivity contribution in [3.63, 3.8) is 0 Å². The molecule has 0 atom stereocenters. The normalized spacial score (nSPS) is 11.8. The van der Waals surface area contributed by atoms with Crippen LogP contribution in [0.15, 0.2) is 155 Å². The van der Waals surface area contributed by atoms with E-state index in [-0.39, 0.29) is 0 Å². The molecule has 2 heterocycles. The van der Waals surface area contributed by atoms with E-state index in [2.05, 4.69) is 121 Å². The molecule has 0 radical (unpaired) electrons. The van der Waals surface area contributed by atoms with Crippen LogP contribution in [0.3, 0.4) is 0 Å². The second-order valence-electron chi connectivity index (χ2n) is 10.8. The molecule has 42 heavy (non-hydrogen) atoms. The Morgan fingerprint density at radius 3 is 1.52 bits per heavy atom. The number of rotatable bonds is 3. The first-order valence-corrected chi connectivity index (χ1v) is 14.3. The molecule has 0 N–H and O–H groups in total. The molecule has 2 nitrogen and oxygen atoms in total. The third kappa shape index (κ3) is 3.33. The van der Waals surface area contributed by atoms with Gasteiger partial charge >= 0.3 is 0 Å². The zero-order valence-corrected chi connectivity index (χ0v) is 22.7. The van der Waals surface area contributed by atoms with Crippen molar-refractivity contribution in [2.24, 2.45) is 0 Å². The maximum atomic E-state index is 6.21. The van der Waals surface area contributed by atoms with E-state index in [0.29, 0.717) is 0 Å². The summed E-state index contributed by atoms with van der Waals surface area (Å²) in [6.07, 6.45) is 1.88. The summed E-state index contributed by atoms with van der Waals surface area (Å²) in [4.78, 5) is 0. The maximum Gasteiger partial charge on any atom is 0.146 e. The number of para-hydroxylation sites is 1. The molecule has 9 aromatic rings. The molecule has 0 saturated heterocycles. The lowest BCUT2D eigenvalue weighted by atomic mass is 9.86. The Balaban J connectivity index is 1.23. The number of hydrogen-bond acceptors (Lipinski definition) is 2. The van der Waals surface area contributed by atoms with E-state index in [1.165, 1.54) is 43.8 Å². The van der Waals surface area contributed by atoms with Crippen LogP contribution in [0, 0.1) is 0 Å². The summed E-state index contributed by atoms with van der Waals surface area (Å²) in [6.45, 7) is 0. The molecular weight excluding hydrogens is 512 g/mol. The molecule has 196 valence electrons. The Labute approximate surface area is 242 Å². The predicted molar refractivity (Wildman–Crippen MR) is 175 cm³/mol. The molecule has 0 aliphatic heterocycles. The van der Waals surface area contributed by atoms with Crippen LogP contribution in [0.1, 0.15) is 0 Å². The van der Waals surface area contributed by atoms with Gasteiger partial charge < -0.3 is 8.83 Å². The van der Waals surface area contributed by atoms with Gasteiger partial charge in [-0.25, -0.2) is 0 Å². The molecule has 7 aromatic carbocycles. The van der Waals surface area contributed by atoms with E-state index in [0.717, 1.165) is 44.0 Å². The number of benzene rings is 7. The van der Waals surface area contributed by atoms with Crippen molar-refractivity contribution in [2.75, 3.05) is 0 Å². The third-order valence-corrected chi connectivity index (χ3v) is 8.56. The van der Waals surface area contributed by atoms with Crippen LogP contribution in [-0.2, 0) is 0 Å². The van der Waals surface area contributed by atoms with Crippen molar-refractivity contribution in [2.45, 2.75) is 0 Å². The molecular formula is C40H24O2. The van der Waals surface area contributed by atoms with Crippen LogP contribution in [0.25, 0.3) is 87.8 Å². The second kappa shape index (κ2) is 8.95. The quantitative estimate of drug-likeness (QED) is 0.210. The minimum absolute atomic E-state index is 0.845. The molecule has 0 fully saturated rings. The summed E-state index contributed by atoms with van der Waals surface area (Å²) in [5.41, 5.74) is 9.76. The van der Waals surface area contributed by atoms with E-state index < -0.39 is 0 Å². The summed E-state index contributed by atoms with van der Waals surface area (Å²) in [5.74, 6) is 0. The summed E-state index contributed by atoms with van der Waals surface area (Å²) < 4.78 is 12.3. The fourth-order valence-electron chi connectivity index (χ4n) is 6.70. The molecule has 9 rings (SSSR count). The highest BCUT2D eigenvalue weighted by Gasteiger charge is 2.18. The molecule has 0 spiro atoms. The lowest BCUT2D eigenvalue weighted by Crippen LogP contribution is -1.90. The highest BCUT2D eigenvalue weighted by Crippen LogP contribution is 2.44. The average molecular weight is 537 g/mol. The van der Waals surface area contributed by atoms with E-state index in [1.807, 2.05) is 24.5 Å². The zero-order valence-electron chi connectivity index (χ0n) is 22.7. The SMILES string of the molecule is c1ccc(-c2c3ccccc3c(-c3ccc(-c4coc5c4ccc4oc6ccccc6c45)cc3)c3ccccc23)cc1. The fraction of sp³-hybridized carbons (Fsp3) is 0. The van der Waals surface area contributed by atoms with Gasteiger partial charge in [0.15, 0.2) is 0 Å². The maximum absolute atomic E-state index is 6.21. The Morgan fingerprint density at radius 2 is 0.881 bits per heavy atom. The van der Waals surface area contributed by atoms with Crippen molar-refractivity contribution in [1.82, 2.24) is 0 Å². The number of furan rings is 2. The first-order chi connectivity index (χ1) is 20.8. The van der Waals surface area contributed by atoms with Gasteiger partial charge in [0, 0.05) is 16.3 Å². The standard InChI is InChI=1S/C40H24O2/c1-2-10-26(11-3-1)37-28-12-4-6-14-30(28)38(31-15-7-5-13-29(31)37)27-20-18-25(19-21-27)34-24-41-40-32(34)22-23-36-39(40)33-16-8-9-17-35(33)42-36/h1-24H. The van der Waals surface area contributed by atoms with Crippen LogP contribution >= 0.6 is 0 Å². The lowest BCUT2D eigenvalue weighted by molar-refractivity contribution is 0.619. The molecule has 0 saturated carbocycles. The van der Waals surface area contributed by atoms with Gasteiger partial charge in [-0.15, -0.1) is 0 Å². The summed E-state index contributed by atoms with van der Waals surface area (Å²) in [6, 6.07) is 49.5. The van der Waals surface area contributed by atoms with Crippen LogP contribution in [0.4, 0.5) is 0 Å². The van der Waals surface area contributed by atoms with Crippen molar-refractivity contribution >= 4 is 54.5 Å². The first-order valence-electron chi connectivity index (χ1n) is 14.3. The lowest BCUT2D eigenvalue weighted by Gasteiger charge is -2.17. The number of fused-ring (bicyclic) bond motifs is 7. The number of hydrogen-bond donors (Lipinski definition) is 0. The monoisotopic (exact) mass is 536 g/mol. The van der Waals surface area contributed by atoms with Crippen LogP contribution in [0.5, 0.6) is 0 Å². The second-order valence-corrected chi connectivity index (χ2v) is 10.8. The van der Waals surface area contributed by atoms with E-state index in [9.17, 15) is 0 Å². The highest BCUT2D eigenvalue weighted by atomic mass is 16.3. The van der Waals surface area contributed by atoms with Gasteiger partial charge in [0.1, 0.15) is 16.7 Å². The highest BCUT2D eigenvalue weighted by molar-refractivity contribution is 6.22. The minimum Gasteiger partial charge on any atom is -0.463 e. The van der Waals surface area contributed by atoms with Gasteiger partial charge in [-0.1, -0.05) is 121 Å². The Kier molecular flexibility index (Phi) is 4.93. The van der Waals surface area contributed by atoms with Crippen molar-refractivity contribution in [3.05, 3.63) is 146 Å². The average Bonchev–Trinajstić information content (AvgIpc) is 3.66. The van der Waals surface area contributed by atoms with Crippen molar-refractivity contribution < 1.29 is 8.83 Å². The topological polar surface area (TPSA) is 26.3 Å². The van der Waals surface area contributed by atoms with Gasteiger partial charge in [0.05, 0.1) is 11.6 Å². The fourth-order valence-corrected chi connectivity index (χ4v) is 6.70. The van der Waals surface area contributed by atoms with Gasteiger partial charge in [0.2, 0.25) is 0 Å². The molecule has 0 unspecified atom stereocenters. The van der Waals surface area contributed by atoms with E-state index in [4.69, 9.17) is 8.83 Å². The molecule has 0 bridgehead atoms. The van der Waals surface area contributed by atoms with E-state index >= 15 is 0 Å². The smallest absolute Gasteiger partial charge is 0.146 e. The van der Waals surface area contributed by atoms with Crippen LogP contribution in [-0.4, -0.2) is 0 Å².